The molecule has 0 aromatic heterocycles. The van der Waals surface area contributed by atoms with Gasteiger partial charge in [-0.05, 0) is 18.7 Å². The lowest BCUT2D eigenvalue weighted by molar-refractivity contribution is 0.336. The highest BCUT2D eigenvalue weighted by Gasteiger charge is 2.27. The van der Waals surface area contributed by atoms with Gasteiger partial charge in [-0.2, -0.15) is 0 Å². The topological polar surface area (TPSA) is 32.3 Å². The van der Waals surface area contributed by atoms with E-state index in [1.165, 1.54) is 0 Å². The number of aliphatic hydroxyl groups is 1. The molecule has 2 N–H and O–H groups in total. The first-order valence-electron chi connectivity index (χ1n) is 3.79. The molecule has 0 spiro atoms. The molecular formula is C9H11NO. The fourth-order valence-corrected chi connectivity index (χ4v) is 1.53. The van der Waals surface area contributed by atoms with Crippen molar-refractivity contribution < 1.29 is 5.11 Å². The Morgan fingerprint density at radius 1 is 1.45 bits per heavy atom. The van der Waals surface area contributed by atoms with Crippen molar-refractivity contribution >= 4 is 0 Å². The zero-order valence-corrected chi connectivity index (χ0v) is 6.41. The Labute approximate surface area is 65.9 Å². The van der Waals surface area contributed by atoms with E-state index in [1.54, 1.807) is 0 Å². The largest absolute Gasteiger partial charge is 0.511 e. The molecule has 58 valence electrons. The monoisotopic (exact) mass is 149 g/mol. The molecule has 1 aliphatic heterocycles. The first kappa shape index (κ1) is 6.53. The molecule has 1 heterocycles. The van der Waals surface area contributed by atoms with Gasteiger partial charge in [-0.1, -0.05) is 18.2 Å². The summed E-state index contributed by atoms with van der Waals surface area (Å²) in [5, 5.41) is 12.7. The van der Waals surface area contributed by atoms with Gasteiger partial charge in [0.2, 0.25) is 0 Å². The Balaban J connectivity index is 2.36. The van der Waals surface area contributed by atoms with E-state index < -0.39 is 0 Å². The molecule has 0 saturated heterocycles. The molecule has 2 unspecified atom stereocenters. The second kappa shape index (κ2) is 2.16. The first-order valence-corrected chi connectivity index (χ1v) is 3.79. The summed E-state index contributed by atoms with van der Waals surface area (Å²) in [5.41, 5.74) is 0.972. The molecule has 11 heavy (non-hydrogen) atoms. The quantitative estimate of drug-likeness (QED) is 0.547. The average Bonchev–Trinajstić information content (AvgIpc) is 2.45. The second-order valence-corrected chi connectivity index (χ2v) is 3.00. The lowest BCUT2D eigenvalue weighted by Crippen LogP contribution is -2.27. The van der Waals surface area contributed by atoms with Gasteiger partial charge in [-0.15, -0.1) is 0 Å². The number of hydrogen-bond acceptors (Lipinski definition) is 2. The summed E-state index contributed by atoms with van der Waals surface area (Å²) in [6, 6.07) is 0.277. The molecular weight excluding hydrogens is 138 g/mol. The Morgan fingerprint density at radius 2 is 2.27 bits per heavy atom. The normalized spacial score (nSPS) is 33.9. The third kappa shape index (κ3) is 0.862. The van der Waals surface area contributed by atoms with Gasteiger partial charge < -0.3 is 10.4 Å². The highest BCUT2D eigenvalue weighted by atomic mass is 16.3. The molecule has 2 rings (SSSR count). The van der Waals surface area contributed by atoms with E-state index in [4.69, 9.17) is 0 Å². The molecule has 0 aromatic rings. The highest BCUT2D eigenvalue weighted by molar-refractivity contribution is 5.34. The second-order valence-electron chi connectivity index (χ2n) is 3.00. The molecule has 0 saturated carbocycles. The van der Waals surface area contributed by atoms with Crippen molar-refractivity contribution in [3.05, 3.63) is 35.8 Å². The van der Waals surface area contributed by atoms with Gasteiger partial charge in [0.1, 0.15) is 5.76 Å². The van der Waals surface area contributed by atoms with Crippen LogP contribution >= 0.6 is 0 Å². The SMILES string of the molecule is CC1=C(O)C2C=CNC2C=C1. The minimum absolute atomic E-state index is 0.167. The van der Waals surface area contributed by atoms with Crippen molar-refractivity contribution in [1.82, 2.24) is 5.32 Å². The Kier molecular flexibility index (Phi) is 1.28. The maximum absolute atomic E-state index is 9.59. The number of aliphatic hydroxyl groups excluding tert-OH is 1. The predicted octanol–water partition coefficient (Wildman–Crippen LogP) is 1.49. The lowest BCUT2D eigenvalue weighted by atomic mass is 9.92. The molecule has 1 aliphatic carbocycles. The van der Waals surface area contributed by atoms with Crippen LogP contribution in [0.3, 0.4) is 0 Å². The summed E-state index contributed by atoms with van der Waals surface area (Å²) in [5.74, 6) is 0.666. The van der Waals surface area contributed by atoms with Crippen molar-refractivity contribution in [2.75, 3.05) is 0 Å². The Hall–Kier alpha value is -1.18. The van der Waals surface area contributed by atoms with Gasteiger partial charge >= 0.3 is 0 Å². The Bertz CT molecular complexity index is 263. The van der Waals surface area contributed by atoms with Crippen LogP contribution < -0.4 is 5.32 Å². The van der Waals surface area contributed by atoms with Crippen LogP contribution in [0.1, 0.15) is 6.92 Å². The van der Waals surface area contributed by atoms with Gasteiger partial charge in [0.25, 0.3) is 0 Å². The Morgan fingerprint density at radius 3 is 3.09 bits per heavy atom. The van der Waals surface area contributed by atoms with Gasteiger partial charge in [0, 0.05) is 0 Å². The van der Waals surface area contributed by atoms with E-state index in [0.29, 0.717) is 5.76 Å². The fraction of sp³-hybridized carbons (Fsp3) is 0.333. The number of rotatable bonds is 0. The van der Waals surface area contributed by atoms with Crippen molar-refractivity contribution in [1.29, 1.82) is 0 Å². The van der Waals surface area contributed by atoms with E-state index in [0.717, 1.165) is 5.57 Å². The van der Waals surface area contributed by atoms with Crippen molar-refractivity contribution in [2.45, 2.75) is 13.0 Å². The van der Waals surface area contributed by atoms with Gasteiger partial charge in [-0.25, -0.2) is 0 Å². The lowest BCUT2D eigenvalue weighted by Gasteiger charge is -2.20. The molecule has 2 aliphatic rings. The maximum Gasteiger partial charge on any atom is 0.104 e. The average molecular weight is 149 g/mol. The smallest absolute Gasteiger partial charge is 0.104 e. The number of hydrogen-bond donors (Lipinski definition) is 2. The molecule has 0 aromatic carbocycles. The summed E-state index contributed by atoms with van der Waals surface area (Å²) in [4.78, 5) is 0. The summed E-state index contributed by atoms with van der Waals surface area (Å²) >= 11 is 0. The molecule has 2 nitrogen and oxygen atoms in total. The van der Waals surface area contributed by atoms with Crippen LogP contribution in [-0.4, -0.2) is 11.1 Å². The minimum Gasteiger partial charge on any atom is -0.511 e. The van der Waals surface area contributed by atoms with Crippen LogP contribution in [0.15, 0.2) is 35.8 Å². The number of fused-ring (bicyclic) bond motifs is 1. The van der Waals surface area contributed by atoms with Crippen LogP contribution in [0, 0.1) is 5.92 Å². The molecule has 0 amide bonds. The van der Waals surface area contributed by atoms with Crippen LogP contribution in [0.2, 0.25) is 0 Å². The van der Waals surface area contributed by atoms with Crippen molar-refractivity contribution in [3.63, 3.8) is 0 Å². The van der Waals surface area contributed by atoms with Crippen LogP contribution in [0.25, 0.3) is 0 Å². The zero-order chi connectivity index (χ0) is 7.84. The summed E-state index contributed by atoms with van der Waals surface area (Å²) in [6.45, 7) is 1.92. The molecule has 2 heteroatoms. The van der Waals surface area contributed by atoms with Gasteiger partial charge in [0.15, 0.2) is 0 Å². The molecule has 0 bridgehead atoms. The number of allylic oxidation sites excluding steroid dienone is 2. The highest BCUT2D eigenvalue weighted by Crippen LogP contribution is 2.27. The van der Waals surface area contributed by atoms with E-state index >= 15 is 0 Å². The van der Waals surface area contributed by atoms with Gasteiger partial charge in [-0.3, -0.25) is 0 Å². The third-order valence-electron chi connectivity index (χ3n) is 2.25. The minimum atomic E-state index is 0.167. The molecule has 0 fully saturated rings. The van der Waals surface area contributed by atoms with E-state index in [-0.39, 0.29) is 12.0 Å². The van der Waals surface area contributed by atoms with Crippen molar-refractivity contribution in [2.24, 2.45) is 5.92 Å². The van der Waals surface area contributed by atoms with Crippen LogP contribution in [0.4, 0.5) is 0 Å². The zero-order valence-electron chi connectivity index (χ0n) is 6.41. The van der Waals surface area contributed by atoms with E-state index in [1.807, 2.05) is 25.3 Å². The summed E-state index contributed by atoms with van der Waals surface area (Å²) in [6.07, 6.45) is 7.93. The molecule has 2 atom stereocenters. The first-order chi connectivity index (χ1) is 5.29. The predicted molar refractivity (Wildman–Crippen MR) is 44.0 cm³/mol. The van der Waals surface area contributed by atoms with E-state index in [9.17, 15) is 5.11 Å². The third-order valence-corrected chi connectivity index (χ3v) is 2.25. The maximum atomic E-state index is 9.59. The number of nitrogens with one attached hydrogen (secondary N) is 1. The van der Waals surface area contributed by atoms with Crippen LogP contribution in [-0.2, 0) is 0 Å². The van der Waals surface area contributed by atoms with Crippen molar-refractivity contribution in [3.8, 4) is 0 Å². The fourth-order valence-electron chi connectivity index (χ4n) is 1.53. The summed E-state index contributed by atoms with van der Waals surface area (Å²) in [7, 11) is 0. The molecule has 0 radical (unpaired) electrons. The van der Waals surface area contributed by atoms with Gasteiger partial charge in [0.05, 0.1) is 12.0 Å². The summed E-state index contributed by atoms with van der Waals surface area (Å²) < 4.78 is 0. The van der Waals surface area contributed by atoms with E-state index in [2.05, 4.69) is 11.4 Å². The van der Waals surface area contributed by atoms with Crippen LogP contribution in [0.5, 0.6) is 0 Å². The standard InChI is InChI=1S/C9H11NO/c1-6-2-3-8-7(9(6)11)4-5-10-8/h2-5,7-8,10-11H,1H3.